The zero-order valence-electron chi connectivity index (χ0n) is 13.8. The molecule has 1 N–H and O–H groups in total. The van der Waals surface area contributed by atoms with E-state index in [1.165, 1.54) is 12.1 Å². The van der Waals surface area contributed by atoms with E-state index in [-0.39, 0.29) is 17.1 Å². The molecule has 5 heteroatoms. The first-order valence-electron chi connectivity index (χ1n) is 8.16. The minimum Gasteiger partial charge on any atom is -0.506 e. The van der Waals surface area contributed by atoms with Gasteiger partial charge in [0.25, 0.3) is 0 Å². The highest BCUT2D eigenvalue weighted by molar-refractivity contribution is 6.06. The molecule has 4 rings (SSSR count). The lowest BCUT2D eigenvalue weighted by molar-refractivity contribution is 0.480. The Morgan fingerprint density at radius 2 is 2.16 bits per heavy atom. The number of aromatic hydroxyl groups is 1. The van der Waals surface area contributed by atoms with Gasteiger partial charge in [0.2, 0.25) is 0 Å². The van der Waals surface area contributed by atoms with E-state index >= 15 is 0 Å². The fourth-order valence-corrected chi connectivity index (χ4v) is 3.58. The fraction of sp³-hybridized carbons (Fsp3) is 0.200. The van der Waals surface area contributed by atoms with Crippen molar-refractivity contribution in [3.8, 4) is 22.9 Å². The number of aromatic nitrogens is 1. The van der Waals surface area contributed by atoms with E-state index in [9.17, 15) is 14.8 Å². The highest BCUT2D eigenvalue weighted by Crippen LogP contribution is 2.41. The van der Waals surface area contributed by atoms with Gasteiger partial charge < -0.3 is 9.67 Å². The normalized spacial score (nSPS) is 13.5. The highest BCUT2D eigenvalue weighted by atomic mass is 19.1. The third-order valence-electron chi connectivity index (χ3n) is 4.73. The van der Waals surface area contributed by atoms with Crippen molar-refractivity contribution in [2.24, 2.45) is 4.99 Å². The summed E-state index contributed by atoms with van der Waals surface area (Å²) < 4.78 is 15.9. The number of nitriles is 1. The minimum absolute atomic E-state index is 0.0240. The van der Waals surface area contributed by atoms with Crippen molar-refractivity contribution in [1.82, 2.24) is 4.57 Å². The lowest BCUT2D eigenvalue weighted by Gasteiger charge is -2.12. The standard InChI is InChI=1S/C20H16FN3O/c1-12-17-11-23-6-3-7-24(17)19-16(13-4-2-5-15(21)8-13)9-14(10-22)20(25)18(12)19/h2,4-5,8-9,11,25H,3,6-7H2,1H3. The molecule has 0 spiro atoms. The van der Waals surface area contributed by atoms with Crippen LogP contribution < -0.4 is 0 Å². The van der Waals surface area contributed by atoms with Crippen LogP contribution in [0.25, 0.3) is 22.0 Å². The molecule has 0 amide bonds. The maximum absolute atomic E-state index is 13.8. The molecule has 124 valence electrons. The number of rotatable bonds is 1. The largest absolute Gasteiger partial charge is 0.506 e. The fourth-order valence-electron chi connectivity index (χ4n) is 3.58. The molecule has 0 radical (unpaired) electrons. The molecule has 0 unspecified atom stereocenters. The number of nitrogens with zero attached hydrogens (tertiary/aromatic N) is 3. The van der Waals surface area contributed by atoms with Gasteiger partial charge >= 0.3 is 0 Å². The molecule has 4 nitrogen and oxygen atoms in total. The lowest BCUT2D eigenvalue weighted by atomic mass is 9.97. The van der Waals surface area contributed by atoms with Crippen LogP contribution in [0.3, 0.4) is 0 Å². The van der Waals surface area contributed by atoms with Crippen LogP contribution in [-0.2, 0) is 6.54 Å². The maximum atomic E-state index is 13.8. The summed E-state index contributed by atoms with van der Waals surface area (Å²) in [6, 6.07) is 9.99. The summed E-state index contributed by atoms with van der Waals surface area (Å²) in [5.41, 5.74) is 4.25. The van der Waals surface area contributed by atoms with Gasteiger partial charge in [-0.3, -0.25) is 4.99 Å². The van der Waals surface area contributed by atoms with Crippen molar-refractivity contribution in [2.45, 2.75) is 19.9 Å². The summed E-state index contributed by atoms with van der Waals surface area (Å²) in [6.45, 7) is 3.43. The molecule has 0 atom stereocenters. The van der Waals surface area contributed by atoms with Crippen molar-refractivity contribution >= 4 is 17.1 Å². The third-order valence-corrected chi connectivity index (χ3v) is 4.73. The highest BCUT2D eigenvalue weighted by Gasteiger charge is 2.23. The molecule has 2 heterocycles. The van der Waals surface area contributed by atoms with Crippen LogP contribution in [0.15, 0.2) is 35.3 Å². The molecular weight excluding hydrogens is 317 g/mol. The van der Waals surface area contributed by atoms with Crippen LogP contribution in [-0.4, -0.2) is 22.4 Å². The van der Waals surface area contributed by atoms with Crippen molar-refractivity contribution < 1.29 is 9.50 Å². The monoisotopic (exact) mass is 333 g/mol. The first-order valence-corrected chi connectivity index (χ1v) is 8.16. The van der Waals surface area contributed by atoms with E-state index in [2.05, 4.69) is 9.56 Å². The molecule has 25 heavy (non-hydrogen) atoms. The Morgan fingerprint density at radius 3 is 2.92 bits per heavy atom. The Morgan fingerprint density at radius 1 is 1.32 bits per heavy atom. The summed E-state index contributed by atoms with van der Waals surface area (Å²) in [6.07, 6.45) is 2.71. The van der Waals surface area contributed by atoms with Crippen molar-refractivity contribution in [3.05, 3.63) is 53.0 Å². The van der Waals surface area contributed by atoms with Crippen LogP contribution in [0.5, 0.6) is 5.75 Å². The van der Waals surface area contributed by atoms with Crippen LogP contribution >= 0.6 is 0 Å². The predicted molar refractivity (Wildman–Crippen MR) is 95.5 cm³/mol. The number of halogens is 1. The molecule has 1 aliphatic rings. The predicted octanol–water partition coefficient (Wildman–Crippen LogP) is 4.16. The molecule has 2 aromatic carbocycles. The van der Waals surface area contributed by atoms with Gasteiger partial charge in [0.1, 0.15) is 17.6 Å². The first kappa shape index (κ1) is 15.4. The zero-order valence-corrected chi connectivity index (χ0v) is 13.8. The second-order valence-corrected chi connectivity index (χ2v) is 6.22. The Labute approximate surface area is 144 Å². The maximum Gasteiger partial charge on any atom is 0.143 e. The van der Waals surface area contributed by atoms with Gasteiger partial charge in [-0.25, -0.2) is 4.39 Å². The zero-order chi connectivity index (χ0) is 17.6. The van der Waals surface area contributed by atoms with Crippen molar-refractivity contribution in [3.63, 3.8) is 0 Å². The summed E-state index contributed by atoms with van der Waals surface area (Å²) >= 11 is 0. The Balaban J connectivity index is 2.18. The summed E-state index contributed by atoms with van der Waals surface area (Å²) in [5, 5.41) is 20.7. The van der Waals surface area contributed by atoms with Crippen LogP contribution in [0.1, 0.15) is 23.2 Å². The molecule has 0 bridgehead atoms. The second kappa shape index (κ2) is 5.75. The lowest BCUT2D eigenvalue weighted by Crippen LogP contribution is -2.02. The topological polar surface area (TPSA) is 61.3 Å². The van der Waals surface area contributed by atoms with E-state index in [0.717, 1.165) is 41.8 Å². The van der Waals surface area contributed by atoms with E-state index in [4.69, 9.17) is 0 Å². The SMILES string of the molecule is Cc1c2n(c3c(-c4cccc(F)c4)cc(C#N)c(O)c13)CCCN=C2. The Kier molecular flexibility index (Phi) is 3.54. The van der Waals surface area contributed by atoms with Crippen molar-refractivity contribution in [2.75, 3.05) is 6.54 Å². The van der Waals surface area contributed by atoms with Crippen LogP contribution in [0.2, 0.25) is 0 Å². The molecule has 0 saturated carbocycles. The number of phenols is 1. The minimum atomic E-state index is -0.335. The number of benzene rings is 2. The van der Waals surface area contributed by atoms with E-state index in [1.54, 1.807) is 12.1 Å². The number of aliphatic imine (C=N–C) groups is 1. The summed E-state index contributed by atoms with van der Waals surface area (Å²) in [4.78, 5) is 4.40. The van der Waals surface area contributed by atoms with Gasteiger partial charge in [0.05, 0.1) is 16.8 Å². The Hall–Kier alpha value is -3.13. The average Bonchev–Trinajstić information content (AvgIpc) is 2.77. The molecule has 3 aromatic rings. The summed E-state index contributed by atoms with van der Waals surface area (Å²) in [5.74, 6) is -0.359. The molecule has 1 aliphatic heterocycles. The number of phenolic OH excluding ortho intramolecular Hbond substituents is 1. The molecule has 0 aliphatic carbocycles. The molecule has 0 fully saturated rings. The number of fused-ring (bicyclic) bond motifs is 3. The number of hydrogen-bond donors (Lipinski definition) is 1. The van der Waals surface area contributed by atoms with Gasteiger partial charge in [-0.1, -0.05) is 12.1 Å². The number of aryl methyl sites for hydroxylation is 2. The third kappa shape index (κ3) is 2.30. The van der Waals surface area contributed by atoms with Crippen molar-refractivity contribution in [1.29, 1.82) is 5.26 Å². The molecule has 1 aromatic heterocycles. The Bertz CT molecular complexity index is 1070. The first-order chi connectivity index (χ1) is 12.1. The van der Waals surface area contributed by atoms with E-state index in [1.807, 2.05) is 25.3 Å². The van der Waals surface area contributed by atoms with Crippen LogP contribution in [0, 0.1) is 24.1 Å². The molecule has 0 saturated heterocycles. The molecular formula is C20H16FN3O. The smallest absolute Gasteiger partial charge is 0.143 e. The van der Waals surface area contributed by atoms with E-state index < -0.39 is 0 Å². The van der Waals surface area contributed by atoms with Gasteiger partial charge in [-0.15, -0.1) is 0 Å². The van der Waals surface area contributed by atoms with Crippen LogP contribution in [0.4, 0.5) is 4.39 Å². The van der Waals surface area contributed by atoms with Gasteiger partial charge in [-0.2, -0.15) is 5.26 Å². The van der Waals surface area contributed by atoms with Gasteiger partial charge in [0.15, 0.2) is 0 Å². The summed E-state index contributed by atoms with van der Waals surface area (Å²) in [7, 11) is 0. The second-order valence-electron chi connectivity index (χ2n) is 6.22. The average molecular weight is 333 g/mol. The van der Waals surface area contributed by atoms with Gasteiger partial charge in [0, 0.05) is 30.3 Å². The van der Waals surface area contributed by atoms with Gasteiger partial charge in [-0.05, 0) is 42.7 Å². The number of hydrogen-bond acceptors (Lipinski definition) is 3. The van der Waals surface area contributed by atoms with E-state index in [0.29, 0.717) is 10.9 Å². The quantitative estimate of drug-likeness (QED) is 0.727.